The molecule has 0 aliphatic carbocycles. The van der Waals surface area contributed by atoms with Gasteiger partial charge in [0.05, 0.1) is 16.3 Å². The van der Waals surface area contributed by atoms with E-state index in [1.165, 1.54) is 18.2 Å². The number of hydrogen-bond donors (Lipinski definition) is 1. The minimum absolute atomic E-state index is 0.0862. The third-order valence-corrected chi connectivity index (χ3v) is 2.68. The molecule has 0 radical (unpaired) electrons. The molecule has 1 aromatic carbocycles. The van der Waals surface area contributed by atoms with E-state index in [2.05, 4.69) is 17.0 Å². The summed E-state index contributed by atoms with van der Waals surface area (Å²) in [4.78, 5) is 3.59. The van der Waals surface area contributed by atoms with Crippen molar-refractivity contribution in [3.05, 3.63) is 34.4 Å². The van der Waals surface area contributed by atoms with Crippen LogP contribution in [0.2, 0.25) is 5.02 Å². The summed E-state index contributed by atoms with van der Waals surface area (Å²) in [6.45, 7) is 4.85. The van der Waals surface area contributed by atoms with Crippen molar-refractivity contribution < 1.29 is 13.2 Å². The number of alkyl halides is 3. The van der Waals surface area contributed by atoms with Crippen LogP contribution in [0.5, 0.6) is 0 Å². The first-order valence-electron chi connectivity index (χ1n) is 5.07. The van der Waals surface area contributed by atoms with Gasteiger partial charge >= 0.3 is 6.18 Å². The molecule has 1 aromatic rings. The molecule has 0 saturated heterocycles. The van der Waals surface area contributed by atoms with Crippen LogP contribution in [0.15, 0.2) is 23.2 Å². The molecule has 0 aliphatic rings. The van der Waals surface area contributed by atoms with Crippen LogP contribution in [0.3, 0.4) is 0 Å². The minimum atomic E-state index is -4.54. The van der Waals surface area contributed by atoms with E-state index in [1.807, 2.05) is 0 Å². The zero-order valence-corrected chi connectivity index (χ0v) is 10.7. The van der Waals surface area contributed by atoms with Gasteiger partial charge in [-0.2, -0.15) is 13.2 Å². The molecule has 0 atom stereocenters. The summed E-state index contributed by atoms with van der Waals surface area (Å²) in [7, 11) is 1.60. The molecule has 98 valence electrons. The van der Waals surface area contributed by atoms with Crippen molar-refractivity contribution in [2.45, 2.75) is 13.1 Å². The quantitative estimate of drug-likeness (QED) is 0.810. The fraction of sp³-hybridized carbons (Fsp3) is 0.250. The Morgan fingerprint density at radius 1 is 1.44 bits per heavy atom. The number of nitrogens with zero attached hydrogens (tertiary/aromatic N) is 1. The lowest BCUT2D eigenvalue weighted by molar-refractivity contribution is -0.137. The third-order valence-electron chi connectivity index (χ3n) is 2.38. The number of rotatable bonds is 3. The number of anilines is 1. The summed E-state index contributed by atoms with van der Waals surface area (Å²) in [5, 5.41) is 2.38. The summed E-state index contributed by atoms with van der Waals surface area (Å²) < 4.78 is 39.0. The lowest BCUT2D eigenvalue weighted by atomic mass is 10.0. The monoisotopic (exact) mass is 276 g/mol. The molecule has 0 heterocycles. The Balaban J connectivity index is 3.63. The maximum Gasteiger partial charge on any atom is 0.418 e. The Morgan fingerprint density at radius 2 is 2.06 bits per heavy atom. The summed E-state index contributed by atoms with van der Waals surface area (Å²) in [6, 6.07) is 2.57. The second kappa shape index (κ2) is 5.44. The summed E-state index contributed by atoms with van der Waals surface area (Å²) in [5.41, 5.74) is -0.368. The Morgan fingerprint density at radius 3 is 2.44 bits per heavy atom. The molecule has 2 nitrogen and oxygen atoms in total. The van der Waals surface area contributed by atoms with Crippen LogP contribution in [0.25, 0.3) is 5.70 Å². The van der Waals surface area contributed by atoms with Gasteiger partial charge in [0, 0.05) is 18.3 Å². The normalized spacial score (nSPS) is 12.4. The van der Waals surface area contributed by atoms with Crippen molar-refractivity contribution >= 4 is 29.7 Å². The zero-order valence-electron chi connectivity index (χ0n) is 9.90. The van der Waals surface area contributed by atoms with Gasteiger partial charge in [0.1, 0.15) is 0 Å². The smallest absolute Gasteiger partial charge is 0.388 e. The molecule has 0 bridgehead atoms. The second-order valence-electron chi connectivity index (χ2n) is 3.46. The second-order valence-corrected chi connectivity index (χ2v) is 3.87. The Bertz CT molecular complexity index is 493. The van der Waals surface area contributed by atoms with Gasteiger partial charge in [-0.1, -0.05) is 17.7 Å². The van der Waals surface area contributed by atoms with E-state index >= 15 is 0 Å². The first kappa shape index (κ1) is 14.6. The van der Waals surface area contributed by atoms with Crippen LogP contribution in [-0.4, -0.2) is 13.8 Å². The van der Waals surface area contributed by atoms with Crippen molar-refractivity contribution in [1.29, 1.82) is 0 Å². The SMILES string of the molecule is C=N/C(=C/C)c1cc(NC)cc(Cl)c1C(F)(F)F. The average molecular weight is 277 g/mol. The van der Waals surface area contributed by atoms with Gasteiger partial charge in [0.25, 0.3) is 0 Å². The van der Waals surface area contributed by atoms with Crippen molar-refractivity contribution in [3.8, 4) is 0 Å². The number of nitrogens with one attached hydrogen (secondary N) is 1. The molecular weight excluding hydrogens is 265 g/mol. The van der Waals surface area contributed by atoms with Gasteiger partial charge in [0.2, 0.25) is 0 Å². The maximum absolute atomic E-state index is 13.0. The molecule has 0 unspecified atom stereocenters. The Kier molecular flexibility index (Phi) is 4.40. The Labute approximate surface area is 108 Å². The first-order chi connectivity index (χ1) is 8.35. The van der Waals surface area contributed by atoms with E-state index in [1.54, 1.807) is 14.0 Å². The van der Waals surface area contributed by atoms with Gasteiger partial charge < -0.3 is 5.32 Å². The van der Waals surface area contributed by atoms with Crippen LogP contribution in [0.4, 0.5) is 18.9 Å². The maximum atomic E-state index is 13.0. The van der Waals surface area contributed by atoms with Gasteiger partial charge in [-0.25, -0.2) is 0 Å². The van der Waals surface area contributed by atoms with E-state index < -0.39 is 11.7 Å². The molecular formula is C12H12ClF3N2. The van der Waals surface area contributed by atoms with Crippen molar-refractivity contribution in [2.75, 3.05) is 12.4 Å². The topological polar surface area (TPSA) is 24.4 Å². The molecule has 0 saturated carbocycles. The minimum Gasteiger partial charge on any atom is -0.388 e. The average Bonchev–Trinajstić information content (AvgIpc) is 2.28. The third kappa shape index (κ3) is 2.85. The fourth-order valence-corrected chi connectivity index (χ4v) is 1.90. The van der Waals surface area contributed by atoms with Crippen LogP contribution in [0, 0.1) is 0 Å². The predicted octanol–water partition coefficient (Wildman–Crippen LogP) is 4.46. The molecule has 0 spiro atoms. The predicted molar refractivity (Wildman–Crippen MR) is 69.2 cm³/mol. The number of hydrogen-bond acceptors (Lipinski definition) is 2. The number of benzene rings is 1. The molecule has 6 heteroatoms. The first-order valence-corrected chi connectivity index (χ1v) is 5.44. The zero-order chi connectivity index (χ0) is 13.9. The highest BCUT2D eigenvalue weighted by atomic mass is 35.5. The molecule has 18 heavy (non-hydrogen) atoms. The number of halogens is 4. The van der Waals surface area contributed by atoms with Crippen molar-refractivity contribution in [3.63, 3.8) is 0 Å². The summed E-state index contributed by atoms with van der Waals surface area (Å²) in [5.74, 6) is 0. The Hall–Kier alpha value is -1.49. The standard InChI is InChI=1S/C12H12ClF3N2/c1-4-10(18-3)8-5-7(17-2)6-9(13)11(8)12(14,15)16/h4-6,17H,3H2,1-2H3/b10-4+. The highest BCUT2D eigenvalue weighted by molar-refractivity contribution is 6.32. The van der Waals surface area contributed by atoms with Crippen LogP contribution >= 0.6 is 11.6 Å². The van der Waals surface area contributed by atoms with Crippen molar-refractivity contribution in [1.82, 2.24) is 0 Å². The molecule has 1 N–H and O–H groups in total. The number of allylic oxidation sites excluding steroid dienone is 1. The highest BCUT2D eigenvalue weighted by Gasteiger charge is 2.37. The molecule has 0 aromatic heterocycles. The van der Waals surface area contributed by atoms with Gasteiger partial charge in [0.15, 0.2) is 0 Å². The summed E-state index contributed by atoms with van der Waals surface area (Å²) >= 11 is 5.71. The van der Waals surface area contributed by atoms with Crippen molar-refractivity contribution in [2.24, 2.45) is 4.99 Å². The van der Waals surface area contributed by atoms with Crippen LogP contribution in [0.1, 0.15) is 18.1 Å². The van der Waals surface area contributed by atoms with E-state index in [4.69, 9.17) is 11.6 Å². The fourth-order valence-electron chi connectivity index (χ4n) is 1.57. The van der Waals surface area contributed by atoms with Gasteiger partial charge in [-0.15, -0.1) is 0 Å². The van der Waals surface area contributed by atoms with Gasteiger partial charge in [-0.05, 0) is 25.8 Å². The highest BCUT2D eigenvalue weighted by Crippen LogP contribution is 2.41. The largest absolute Gasteiger partial charge is 0.418 e. The lowest BCUT2D eigenvalue weighted by Crippen LogP contribution is -2.10. The molecule has 0 aliphatic heterocycles. The van der Waals surface area contributed by atoms with Crippen LogP contribution < -0.4 is 5.32 Å². The molecule has 0 fully saturated rings. The van der Waals surface area contributed by atoms with E-state index in [0.29, 0.717) is 5.69 Å². The molecule has 1 rings (SSSR count). The van der Waals surface area contributed by atoms with E-state index in [-0.39, 0.29) is 16.3 Å². The summed E-state index contributed by atoms with van der Waals surface area (Å²) in [6.07, 6.45) is -3.09. The number of aliphatic imine (C=N–C) groups is 1. The van der Waals surface area contributed by atoms with E-state index in [9.17, 15) is 13.2 Å². The van der Waals surface area contributed by atoms with Crippen LogP contribution in [-0.2, 0) is 6.18 Å². The lowest BCUT2D eigenvalue weighted by Gasteiger charge is -2.16. The van der Waals surface area contributed by atoms with E-state index in [0.717, 1.165) is 0 Å². The van der Waals surface area contributed by atoms with Gasteiger partial charge in [-0.3, -0.25) is 4.99 Å². The molecule has 0 amide bonds.